The average molecular weight is 438 g/mol. The highest BCUT2D eigenvalue weighted by Crippen LogP contribution is 2.41. The van der Waals surface area contributed by atoms with Gasteiger partial charge in [0.2, 0.25) is 0 Å². The monoisotopic (exact) mass is 437 g/mol. The van der Waals surface area contributed by atoms with Gasteiger partial charge >= 0.3 is 0 Å². The van der Waals surface area contributed by atoms with Gasteiger partial charge in [-0.2, -0.15) is 0 Å². The molecule has 0 aromatic heterocycles. The molecule has 7 heteroatoms. The zero-order chi connectivity index (χ0) is 22.1. The first-order valence-corrected chi connectivity index (χ1v) is 9.80. The largest absolute Gasteiger partial charge is 0.508 e. The van der Waals surface area contributed by atoms with Crippen LogP contribution in [0.1, 0.15) is 22.7 Å². The van der Waals surface area contributed by atoms with E-state index in [1.54, 1.807) is 30.3 Å². The van der Waals surface area contributed by atoms with Crippen LogP contribution in [0.2, 0.25) is 5.02 Å². The SMILES string of the molecule is O=C1C(=O)N(Cc2ccc(F)cc2)C(c2cccc(O)c2)/C1=C(/O)c1cccc(Cl)c1. The fraction of sp³-hybridized carbons (Fsp3) is 0.0833. The van der Waals surface area contributed by atoms with Crippen LogP contribution in [0.5, 0.6) is 5.75 Å². The summed E-state index contributed by atoms with van der Waals surface area (Å²) in [6.45, 7) is 0.0114. The Morgan fingerprint density at radius 1 is 1.00 bits per heavy atom. The highest BCUT2D eigenvalue weighted by atomic mass is 35.5. The molecule has 0 saturated carbocycles. The molecule has 3 aromatic carbocycles. The molecule has 1 atom stereocenters. The number of likely N-dealkylation sites (tertiary alicyclic amines) is 1. The minimum atomic E-state index is -0.948. The molecule has 0 aliphatic carbocycles. The summed E-state index contributed by atoms with van der Waals surface area (Å²) in [6, 6.07) is 17.1. The summed E-state index contributed by atoms with van der Waals surface area (Å²) in [5.41, 5.74) is 1.23. The summed E-state index contributed by atoms with van der Waals surface area (Å²) in [5.74, 6) is -2.49. The van der Waals surface area contributed by atoms with Crippen molar-refractivity contribution < 1.29 is 24.2 Å². The van der Waals surface area contributed by atoms with Crippen molar-refractivity contribution in [3.8, 4) is 5.75 Å². The van der Waals surface area contributed by atoms with E-state index in [1.165, 1.54) is 47.4 Å². The maximum atomic E-state index is 13.3. The second-order valence-electron chi connectivity index (χ2n) is 7.16. The van der Waals surface area contributed by atoms with E-state index in [0.717, 1.165) is 0 Å². The fourth-order valence-electron chi connectivity index (χ4n) is 3.66. The van der Waals surface area contributed by atoms with Crippen LogP contribution in [0, 0.1) is 5.82 Å². The van der Waals surface area contributed by atoms with Crippen LogP contribution in [0.15, 0.2) is 78.4 Å². The van der Waals surface area contributed by atoms with Crippen molar-refractivity contribution in [1.29, 1.82) is 0 Å². The number of aliphatic hydroxyl groups excluding tert-OH is 1. The Hall–Kier alpha value is -3.64. The van der Waals surface area contributed by atoms with Crippen LogP contribution in [-0.4, -0.2) is 26.8 Å². The number of carbonyl (C=O) groups is 2. The lowest BCUT2D eigenvalue weighted by molar-refractivity contribution is -0.140. The van der Waals surface area contributed by atoms with Gasteiger partial charge in [0.05, 0.1) is 11.6 Å². The van der Waals surface area contributed by atoms with Crippen LogP contribution < -0.4 is 0 Å². The number of nitrogens with zero attached hydrogens (tertiary/aromatic N) is 1. The summed E-state index contributed by atoms with van der Waals surface area (Å²) in [5, 5.41) is 21.3. The molecule has 1 unspecified atom stereocenters. The van der Waals surface area contributed by atoms with Crippen molar-refractivity contribution >= 4 is 29.1 Å². The van der Waals surface area contributed by atoms with E-state index in [0.29, 0.717) is 16.1 Å². The highest BCUT2D eigenvalue weighted by Gasteiger charge is 2.46. The zero-order valence-electron chi connectivity index (χ0n) is 16.1. The molecule has 4 rings (SSSR count). The van der Waals surface area contributed by atoms with Crippen LogP contribution in [0.25, 0.3) is 5.76 Å². The van der Waals surface area contributed by atoms with E-state index in [-0.39, 0.29) is 29.2 Å². The molecule has 1 heterocycles. The highest BCUT2D eigenvalue weighted by molar-refractivity contribution is 6.46. The molecule has 3 aromatic rings. The minimum Gasteiger partial charge on any atom is -0.508 e. The molecule has 1 saturated heterocycles. The molecule has 1 aliphatic rings. The molecule has 156 valence electrons. The number of halogens is 2. The zero-order valence-corrected chi connectivity index (χ0v) is 16.9. The van der Waals surface area contributed by atoms with Crippen LogP contribution in [-0.2, 0) is 16.1 Å². The Balaban J connectivity index is 1.87. The smallest absolute Gasteiger partial charge is 0.295 e. The Morgan fingerprint density at radius 3 is 2.39 bits per heavy atom. The molecular weight excluding hydrogens is 421 g/mol. The number of benzene rings is 3. The first kappa shape index (κ1) is 20.6. The number of amides is 1. The topological polar surface area (TPSA) is 77.8 Å². The predicted octanol–water partition coefficient (Wildman–Crippen LogP) is 4.81. The average Bonchev–Trinajstić information content (AvgIpc) is 3.00. The van der Waals surface area contributed by atoms with Crippen molar-refractivity contribution in [2.45, 2.75) is 12.6 Å². The summed E-state index contributed by atoms with van der Waals surface area (Å²) in [4.78, 5) is 27.2. The first-order valence-electron chi connectivity index (χ1n) is 9.43. The molecule has 0 bridgehead atoms. The van der Waals surface area contributed by atoms with Gasteiger partial charge in [-0.15, -0.1) is 0 Å². The van der Waals surface area contributed by atoms with E-state index < -0.39 is 23.5 Å². The van der Waals surface area contributed by atoms with Gasteiger partial charge in [0.15, 0.2) is 0 Å². The minimum absolute atomic E-state index is 0.0114. The standard InChI is InChI=1S/C24H17ClFNO4/c25-17-5-1-4-16(11-17)22(29)20-21(15-3-2-6-19(28)12-15)27(24(31)23(20)30)13-14-7-9-18(26)10-8-14/h1-12,21,28-29H,13H2/b22-20-. The van der Waals surface area contributed by atoms with Gasteiger partial charge < -0.3 is 15.1 Å². The Bertz CT molecular complexity index is 1210. The number of hydrogen-bond donors (Lipinski definition) is 2. The van der Waals surface area contributed by atoms with Crippen molar-refractivity contribution in [2.24, 2.45) is 0 Å². The lowest BCUT2D eigenvalue weighted by atomic mass is 9.95. The maximum absolute atomic E-state index is 13.3. The molecule has 1 amide bonds. The van der Waals surface area contributed by atoms with E-state index in [2.05, 4.69) is 0 Å². The van der Waals surface area contributed by atoms with Gasteiger partial charge in [-0.05, 0) is 47.5 Å². The summed E-state index contributed by atoms with van der Waals surface area (Å²) < 4.78 is 13.3. The molecule has 1 aliphatic heterocycles. The molecule has 0 radical (unpaired) electrons. The molecule has 31 heavy (non-hydrogen) atoms. The van der Waals surface area contributed by atoms with Crippen LogP contribution in [0.3, 0.4) is 0 Å². The van der Waals surface area contributed by atoms with Gasteiger partial charge in [0, 0.05) is 17.1 Å². The second kappa shape index (κ2) is 8.24. The number of rotatable bonds is 4. The number of carbonyl (C=O) groups excluding carboxylic acids is 2. The van der Waals surface area contributed by atoms with Crippen molar-refractivity contribution in [3.05, 3.63) is 106 Å². The molecule has 2 N–H and O–H groups in total. The van der Waals surface area contributed by atoms with Gasteiger partial charge in [-0.1, -0.05) is 48.0 Å². The number of ketones is 1. The quantitative estimate of drug-likeness (QED) is 0.349. The second-order valence-corrected chi connectivity index (χ2v) is 7.60. The van der Waals surface area contributed by atoms with E-state index >= 15 is 0 Å². The molecule has 5 nitrogen and oxygen atoms in total. The Kier molecular flexibility index (Phi) is 5.48. The van der Waals surface area contributed by atoms with Gasteiger partial charge in [0.1, 0.15) is 17.3 Å². The fourth-order valence-corrected chi connectivity index (χ4v) is 3.85. The van der Waals surface area contributed by atoms with E-state index in [4.69, 9.17) is 11.6 Å². The normalized spacial score (nSPS) is 17.9. The van der Waals surface area contributed by atoms with Crippen LogP contribution in [0.4, 0.5) is 4.39 Å². The van der Waals surface area contributed by atoms with E-state index in [9.17, 15) is 24.2 Å². The van der Waals surface area contributed by atoms with E-state index in [1.807, 2.05) is 0 Å². The number of phenols is 1. The third-order valence-electron chi connectivity index (χ3n) is 5.09. The number of aliphatic hydroxyl groups is 1. The number of aromatic hydroxyl groups is 1. The van der Waals surface area contributed by atoms with Crippen molar-refractivity contribution in [2.75, 3.05) is 0 Å². The van der Waals surface area contributed by atoms with Gasteiger partial charge in [-0.25, -0.2) is 4.39 Å². The van der Waals surface area contributed by atoms with Crippen LogP contribution >= 0.6 is 11.6 Å². The van der Waals surface area contributed by atoms with Crippen molar-refractivity contribution in [3.63, 3.8) is 0 Å². The lowest BCUT2D eigenvalue weighted by Crippen LogP contribution is -2.29. The molecular formula is C24H17ClFNO4. The lowest BCUT2D eigenvalue weighted by Gasteiger charge is -2.25. The number of phenolic OH excluding ortho intramolecular Hbond substituents is 1. The maximum Gasteiger partial charge on any atom is 0.295 e. The number of hydrogen-bond acceptors (Lipinski definition) is 4. The molecule has 0 spiro atoms. The Morgan fingerprint density at radius 2 is 1.71 bits per heavy atom. The van der Waals surface area contributed by atoms with Crippen molar-refractivity contribution in [1.82, 2.24) is 4.90 Å². The predicted molar refractivity (Wildman–Crippen MR) is 114 cm³/mol. The van der Waals surface area contributed by atoms with Gasteiger partial charge in [-0.3, -0.25) is 9.59 Å². The van der Waals surface area contributed by atoms with Gasteiger partial charge in [0.25, 0.3) is 11.7 Å². The third-order valence-corrected chi connectivity index (χ3v) is 5.33. The Labute approximate surface area is 182 Å². The third kappa shape index (κ3) is 4.02. The molecule has 1 fully saturated rings. The summed E-state index contributed by atoms with van der Waals surface area (Å²) in [6.07, 6.45) is 0. The summed E-state index contributed by atoms with van der Waals surface area (Å²) >= 11 is 6.02. The first-order chi connectivity index (χ1) is 14.8. The number of Topliss-reactive ketones (excluding diaryl/α,β-unsaturated/α-hetero) is 1. The summed E-state index contributed by atoms with van der Waals surface area (Å²) in [7, 11) is 0.